The summed E-state index contributed by atoms with van der Waals surface area (Å²) in [7, 11) is 0. The SMILES string of the molecule is CSc1c(F)cc2[nH]ncc2c1-c1cc2sc(NC=O)nc2cn1. The molecule has 0 spiro atoms. The number of thiazole rings is 1. The molecule has 24 heavy (non-hydrogen) atoms. The van der Waals surface area contributed by atoms with E-state index in [-0.39, 0.29) is 5.82 Å². The lowest BCUT2D eigenvalue weighted by Gasteiger charge is -2.09. The van der Waals surface area contributed by atoms with Gasteiger partial charge >= 0.3 is 0 Å². The molecule has 0 saturated heterocycles. The van der Waals surface area contributed by atoms with Crippen molar-refractivity contribution in [2.45, 2.75) is 4.90 Å². The molecule has 9 heteroatoms. The number of hydrogen-bond acceptors (Lipinski definition) is 6. The Bertz CT molecular complexity index is 1070. The van der Waals surface area contributed by atoms with Gasteiger partial charge in [-0.15, -0.1) is 11.8 Å². The van der Waals surface area contributed by atoms with Crippen molar-refractivity contribution in [2.75, 3.05) is 11.6 Å². The normalized spacial score (nSPS) is 11.2. The van der Waals surface area contributed by atoms with E-state index in [1.54, 1.807) is 12.4 Å². The predicted molar refractivity (Wildman–Crippen MR) is 93.9 cm³/mol. The number of hydrogen-bond donors (Lipinski definition) is 2. The zero-order chi connectivity index (χ0) is 16.7. The lowest BCUT2D eigenvalue weighted by atomic mass is 10.1. The van der Waals surface area contributed by atoms with Gasteiger partial charge in [0.1, 0.15) is 11.3 Å². The fraction of sp³-hybridized carbons (Fsp3) is 0.0667. The van der Waals surface area contributed by atoms with Crippen molar-refractivity contribution < 1.29 is 9.18 Å². The maximum absolute atomic E-state index is 14.4. The molecule has 3 aromatic heterocycles. The summed E-state index contributed by atoms with van der Waals surface area (Å²) in [5, 5.41) is 10.6. The lowest BCUT2D eigenvalue weighted by Crippen LogP contribution is -1.92. The Morgan fingerprint density at radius 3 is 3.04 bits per heavy atom. The molecule has 0 aliphatic carbocycles. The van der Waals surface area contributed by atoms with Crippen molar-refractivity contribution >= 4 is 55.8 Å². The summed E-state index contributed by atoms with van der Waals surface area (Å²) >= 11 is 2.66. The highest BCUT2D eigenvalue weighted by Gasteiger charge is 2.18. The van der Waals surface area contributed by atoms with Crippen molar-refractivity contribution in [1.29, 1.82) is 0 Å². The van der Waals surface area contributed by atoms with Gasteiger partial charge < -0.3 is 5.32 Å². The van der Waals surface area contributed by atoms with Gasteiger partial charge in [-0.3, -0.25) is 14.9 Å². The van der Waals surface area contributed by atoms with E-state index < -0.39 is 0 Å². The highest BCUT2D eigenvalue weighted by molar-refractivity contribution is 7.98. The molecule has 0 radical (unpaired) electrons. The third-order valence-corrected chi connectivity index (χ3v) is 5.33. The van der Waals surface area contributed by atoms with Crippen molar-refractivity contribution in [3.05, 3.63) is 30.3 Å². The van der Waals surface area contributed by atoms with E-state index in [9.17, 15) is 9.18 Å². The Hall–Kier alpha value is -2.52. The van der Waals surface area contributed by atoms with Gasteiger partial charge in [0.05, 0.1) is 33.2 Å². The van der Waals surface area contributed by atoms with E-state index in [0.29, 0.717) is 38.7 Å². The summed E-state index contributed by atoms with van der Waals surface area (Å²) in [5.74, 6) is -0.316. The number of carbonyl (C=O) groups is 1. The molecule has 0 fully saturated rings. The van der Waals surface area contributed by atoms with Crippen LogP contribution in [-0.2, 0) is 4.79 Å². The van der Waals surface area contributed by atoms with Gasteiger partial charge in [-0.05, 0) is 12.3 Å². The fourth-order valence-corrected chi connectivity index (χ4v) is 4.08. The molecule has 6 nitrogen and oxygen atoms in total. The quantitative estimate of drug-likeness (QED) is 0.429. The van der Waals surface area contributed by atoms with E-state index >= 15 is 0 Å². The van der Waals surface area contributed by atoms with E-state index in [2.05, 4.69) is 25.5 Å². The van der Waals surface area contributed by atoms with Crippen molar-refractivity contribution in [3.63, 3.8) is 0 Å². The Balaban J connectivity index is 1.98. The third kappa shape index (κ3) is 2.33. The van der Waals surface area contributed by atoms with E-state index in [4.69, 9.17) is 0 Å². The molecule has 0 saturated carbocycles. The summed E-state index contributed by atoms with van der Waals surface area (Å²) < 4.78 is 15.3. The topological polar surface area (TPSA) is 83.6 Å². The number of aromatic nitrogens is 4. The minimum atomic E-state index is -0.316. The number of H-pyrrole nitrogens is 1. The summed E-state index contributed by atoms with van der Waals surface area (Å²) in [6.45, 7) is 0. The summed E-state index contributed by atoms with van der Waals surface area (Å²) in [6, 6.07) is 3.29. The molecule has 4 rings (SSSR count). The summed E-state index contributed by atoms with van der Waals surface area (Å²) in [5.41, 5.74) is 2.64. The molecule has 3 heterocycles. The first kappa shape index (κ1) is 15.0. The van der Waals surface area contributed by atoms with E-state index in [1.165, 1.54) is 29.2 Å². The summed E-state index contributed by atoms with van der Waals surface area (Å²) in [6.07, 6.45) is 5.70. The number of pyridine rings is 1. The zero-order valence-electron chi connectivity index (χ0n) is 12.3. The molecule has 1 aromatic carbocycles. The van der Waals surface area contributed by atoms with Crippen LogP contribution in [0.4, 0.5) is 9.52 Å². The third-order valence-electron chi connectivity index (χ3n) is 3.57. The van der Waals surface area contributed by atoms with Crippen LogP contribution < -0.4 is 5.32 Å². The largest absolute Gasteiger partial charge is 0.305 e. The Morgan fingerprint density at radius 1 is 1.38 bits per heavy atom. The highest BCUT2D eigenvalue weighted by Crippen LogP contribution is 2.39. The van der Waals surface area contributed by atoms with Crippen LogP contribution in [0, 0.1) is 5.82 Å². The van der Waals surface area contributed by atoms with Crippen LogP contribution in [0.15, 0.2) is 29.4 Å². The second-order valence-electron chi connectivity index (χ2n) is 4.92. The Labute approximate surface area is 143 Å². The number of halogens is 1. The van der Waals surface area contributed by atoms with Gasteiger partial charge in [0.25, 0.3) is 0 Å². The minimum absolute atomic E-state index is 0.316. The van der Waals surface area contributed by atoms with Gasteiger partial charge in [0.2, 0.25) is 6.41 Å². The molecule has 0 unspecified atom stereocenters. The second kappa shape index (κ2) is 5.84. The maximum atomic E-state index is 14.4. The van der Waals surface area contributed by atoms with Crippen LogP contribution in [0.2, 0.25) is 0 Å². The molecule has 0 aliphatic rings. The first-order valence-electron chi connectivity index (χ1n) is 6.88. The van der Waals surface area contributed by atoms with E-state index in [0.717, 1.165) is 10.1 Å². The minimum Gasteiger partial charge on any atom is -0.305 e. The molecule has 0 atom stereocenters. The molecule has 2 N–H and O–H groups in total. The molecular weight excluding hydrogens is 349 g/mol. The number of benzene rings is 1. The van der Waals surface area contributed by atoms with Gasteiger partial charge in [-0.25, -0.2) is 9.37 Å². The number of nitrogens with zero attached hydrogens (tertiary/aromatic N) is 3. The highest BCUT2D eigenvalue weighted by atomic mass is 32.2. The van der Waals surface area contributed by atoms with Crippen molar-refractivity contribution in [1.82, 2.24) is 20.2 Å². The number of carbonyl (C=O) groups excluding carboxylic acids is 1. The van der Waals surface area contributed by atoms with Gasteiger partial charge in [-0.2, -0.15) is 5.10 Å². The van der Waals surface area contributed by atoms with Crippen LogP contribution in [0.3, 0.4) is 0 Å². The van der Waals surface area contributed by atoms with Crippen LogP contribution in [0.25, 0.3) is 32.4 Å². The van der Waals surface area contributed by atoms with Crippen molar-refractivity contribution in [2.24, 2.45) is 0 Å². The lowest BCUT2D eigenvalue weighted by molar-refractivity contribution is -0.105. The Kier molecular flexibility index (Phi) is 3.66. The molecule has 120 valence electrons. The maximum Gasteiger partial charge on any atom is 0.213 e. The standard InChI is InChI=1S/C15H10FN5OS2/c1-23-14-8(16)2-9-7(4-19-21-9)13(14)10-3-12-11(5-17-10)20-15(24-12)18-6-22/h2-6H,1H3,(H,19,21)(H,18,20,22). The number of amides is 1. The molecular formula is C15H10FN5OS2. The second-order valence-corrected chi connectivity index (χ2v) is 6.76. The summed E-state index contributed by atoms with van der Waals surface area (Å²) in [4.78, 5) is 19.8. The fourth-order valence-electron chi connectivity index (χ4n) is 2.57. The average Bonchev–Trinajstić information content (AvgIpc) is 3.18. The van der Waals surface area contributed by atoms with Crippen LogP contribution in [0.1, 0.15) is 0 Å². The number of fused-ring (bicyclic) bond motifs is 2. The molecule has 0 bridgehead atoms. The molecule has 1 amide bonds. The number of aromatic amines is 1. The van der Waals surface area contributed by atoms with Crippen LogP contribution >= 0.6 is 23.1 Å². The first-order chi connectivity index (χ1) is 11.7. The molecule has 4 aromatic rings. The first-order valence-corrected chi connectivity index (χ1v) is 8.92. The van der Waals surface area contributed by atoms with Gasteiger partial charge in [0, 0.05) is 17.0 Å². The smallest absolute Gasteiger partial charge is 0.213 e. The van der Waals surface area contributed by atoms with Gasteiger partial charge in [-0.1, -0.05) is 11.3 Å². The number of rotatable bonds is 4. The number of anilines is 1. The van der Waals surface area contributed by atoms with Crippen LogP contribution in [0.5, 0.6) is 0 Å². The number of nitrogens with one attached hydrogen (secondary N) is 2. The monoisotopic (exact) mass is 359 g/mol. The average molecular weight is 359 g/mol. The van der Waals surface area contributed by atoms with Crippen LogP contribution in [-0.4, -0.2) is 32.8 Å². The zero-order valence-corrected chi connectivity index (χ0v) is 14.0. The number of thioether (sulfide) groups is 1. The predicted octanol–water partition coefficient (Wildman–Crippen LogP) is 3.66. The van der Waals surface area contributed by atoms with E-state index in [1.807, 2.05) is 12.3 Å². The van der Waals surface area contributed by atoms with Gasteiger partial charge in [0.15, 0.2) is 5.13 Å². The van der Waals surface area contributed by atoms with Crippen molar-refractivity contribution in [3.8, 4) is 11.3 Å². The Morgan fingerprint density at radius 2 is 2.25 bits per heavy atom. The molecule has 0 aliphatic heterocycles.